The second kappa shape index (κ2) is 7.53. The highest BCUT2D eigenvalue weighted by atomic mass is 35.5. The van der Waals surface area contributed by atoms with Crippen LogP contribution in [-0.2, 0) is 22.4 Å². The molecule has 3 rings (SSSR count). The molecule has 2 N–H and O–H groups in total. The Morgan fingerprint density at radius 3 is 2.68 bits per heavy atom. The number of benzene rings is 2. The van der Waals surface area contributed by atoms with Gasteiger partial charge in [-0.25, -0.2) is 4.39 Å². The Balaban J connectivity index is 1.51. The van der Waals surface area contributed by atoms with Crippen LogP contribution in [0.1, 0.15) is 11.1 Å². The summed E-state index contributed by atoms with van der Waals surface area (Å²) in [5.41, 5.74) is 6.28. The number of hydrogen-bond donors (Lipinski definition) is 2. The van der Waals surface area contributed by atoms with Crippen molar-refractivity contribution >= 4 is 23.4 Å². The molecule has 0 saturated carbocycles. The summed E-state index contributed by atoms with van der Waals surface area (Å²) < 4.78 is 18.4. The van der Waals surface area contributed by atoms with Crippen molar-refractivity contribution in [3.05, 3.63) is 64.4 Å². The van der Waals surface area contributed by atoms with Crippen molar-refractivity contribution in [3.63, 3.8) is 0 Å². The van der Waals surface area contributed by atoms with E-state index in [0.717, 1.165) is 5.56 Å². The predicted octanol–water partition coefficient (Wildman–Crippen LogP) is 2.42. The topological polar surface area (TPSA) is 67.4 Å². The maximum Gasteiger partial charge on any atom is 0.245 e. The summed E-state index contributed by atoms with van der Waals surface area (Å²) in [7, 11) is 0. The van der Waals surface area contributed by atoms with Crippen molar-refractivity contribution in [1.29, 1.82) is 0 Å². The average molecular weight is 363 g/mol. The molecule has 0 unspecified atom stereocenters. The molecule has 25 heavy (non-hydrogen) atoms. The van der Waals surface area contributed by atoms with Crippen molar-refractivity contribution in [2.45, 2.75) is 12.8 Å². The highest BCUT2D eigenvalue weighted by molar-refractivity contribution is 6.30. The molecule has 7 heteroatoms. The fraction of sp³-hybridized carbons (Fsp3) is 0.222. The minimum absolute atomic E-state index is 0.0418. The Labute approximate surface area is 149 Å². The number of fused-ring (bicyclic) bond motifs is 1. The number of rotatable bonds is 3. The van der Waals surface area contributed by atoms with Crippen LogP contribution in [0, 0.1) is 11.7 Å². The first-order chi connectivity index (χ1) is 12.0. The third kappa shape index (κ3) is 4.48. The lowest BCUT2D eigenvalue weighted by Gasteiger charge is -2.24. The van der Waals surface area contributed by atoms with Gasteiger partial charge in [-0.1, -0.05) is 23.7 Å². The highest BCUT2D eigenvalue weighted by Gasteiger charge is 2.26. The molecule has 1 aliphatic rings. The minimum atomic E-state index is -0.419. The van der Waals surface area contributed by atoms with Crippen molar-refractivity contribution in [3.8, 4) is 5.75 Å². The SMILES string of the molecule is O=C(Cc1ccc(F)cc1)NNC(=O)[C@@H]1COc2ccc(Cl)cc2C1. The summed E-state index contributed by atoms with van der Waals surface area (Å²) in [6.45, 7) is 0.230. The molecule has 1 aliphatic heterocycles. The van der Waals surface area contributed by atoms with Crippen LogP contribution in [0.15, 0.2) is 42.5 Å². The zero-order valence-electron chi connectivity index (χ0n) is 13.2. The molecule has 2 amide bonds. The van der Waals surface area contributed by atoms with Crippen molar-refractivity contribution in [1.82, 2.24) is 10.9 Å². The van der Waals surface area contributed by atoms with Gasteiger partial charge in [0.15, 0.2) is 0 Å². The van der Waals surface area contributed by atoms with Crippen LogP contribution >= 0.6 is 11.6 Å². The molecule has 0 bridgehead atoms. The molecule has 0 aromatic heterocycles. The summed E-state index contributed by atoms with van der Waals surface area (Å²) in [5.74, 6) is -0.792. The van der Waals surface area contributed by atoms with Crippen molar-refractivity contribution in [2.24, 2.45) is 5.92 Å². The van der Waals surface area contributed by atoms with Crippen LogP contribution in [0.2, 0.25) is 5.02 Å². The van der Waals surface area contributed by atoms with Crippen molar-refractivity contribution in [2.75, 3.05) is 6.61 Å². The molecule has 0 aliphatic carbocycles. The first-order valence-electron chi connectivity index (χ1n) is 7.75. The van der Waals surface area contributed by atoms with Gasteiger partial charge < -0.3 is 4.74 Å². The molecule has 0 saturated heterocycles. The van der Waals surface area contributed by atoms with Gasteiger partial charge in [-0.15, -0.1) is 0 Å². The molecule has 130 valence electrons. The Bertz CT molecular complexity index is 795. The number of hydrazine groups is 1. The second-order valence-corrected chi connectivity index (χ2v) is 6.24. The van der Waals surface area contributed by atoms with E-state index in [1.165, 1.54) is 24.3 Å². The van der Waals surface area contributed by atoms with Gasteiger partial charge in [0.05, 0.1) is 12.3 Å². The lowest BCUT2D eigenvalue weighted by atomic mass is 9.96. The molecular weight excluding hydrogens is 347 g/mol. The number of carbonyl (C=O) groups is 2. The molecular formula is C18H16ClFN2O3. The summed E-state index contributed by atoms with van der Waals surface area (Å²) >= 11 is 5.96. The monoisotopic (exact) mass is 362 g/mol. The van der Waals surface area contributed by atoms with Crippen LogP contribution in [-0.4, -0.2) is 18.4 Å². The van der Waals surface area contributed by atoms with E-state index >= 15 is 0 Å². The van der Waals surface area contributed by atoms with Crippen LogP contribution in [0.4, 0.5) is 4.39 Å². The standard InChI is InChI=1S/C18H16ClFN2O3/c19-14-3-6-16-12(9-14)8-13(10-25-16)18(24)22-21-17(23)7-11-1-4-15(20)5-2-11/h1-6,9,13H,7-8,10H2,(H,21,23)(H,22,24)/t13-/m0/s1. The fourth-order valence-electron chi connectivity index (χ4n) is 2.60. The van der Waals surface area contributed by atoms with Gasteiger partial charge in [-0.2, -0.15) is 0 Å². The Morgan fingerprint density at radius 1 is 1.16 bits per heavy atom. The number of amides is 2. The zero-order valence-corrected chi connectivity index (χ0v) is 14.0. The van der Waals surface area contributed by atoms with Gasteiger partial charge >= 0.3 is 0 Å². The normalized spacial score (nSPS) is 15.7. The summed E-state index contributed by atoms with van der Waals surface area (Å²) in [6, 6.07) is 10.9. The molecule has 1 heterocycles. The van der Waals surface area contributed by atoms with E-state index in [-0.39, 0.29) is 30.7 Å². The average Bonchev–Trinajstić information content (AvgIpc) is 2.61. The van der Waals surface area contributed by atoms with E-state index in [0.29, 0.717) is 22.8 Å². The molecule has 5 nitrogen and oxygen atoms in total. The van der Waals surface area contributed by atoms with Gasteiger partial charge in [-0.05, 0) is 47.9 Å². The van der Waals surface area contributed by atoms with E-state index in [4.69, 9.17) is 16.3 Å². The smallest absolute Gasteiger partial charge is 0.245 e. The molecule has 0 spiro atoms. The number of nitrogens with one attached hydrogen (secondary N) is 2. The number of ether oxygens (including phenoxy) is 1. The lowest BCUT2D eigenvalue weighted by Crippen LogP contribution is -2.47. The number of carbonyl (C=O) groups excluding carboxylic acids is 2. The minimum Gasteiger partial charge on any atom is -0.492 e. The maximum atomic E-state index is 12.8. The third-order valence-electron chi connectivity index (χ3n) is 3.90. The largest absolute Gasteiger partial charge is 0.492 e. The summed E-state index contributed by atoms with van der Waals surface area (Å²) in [6.07, 6.45) is 0.524. The van der Waals surface area contributed by atoms with Gasteiger partial charge in [0.25, 0.3) is 0 Å². The van der Waals surface area contributed by atoms with Crippen LogP contribution in [0.5, 0.6) is 5.75 Å². The van der Waals surface area contributed by atoms with Gasteiger partial charge in [0, 0.05) is 5.02 Å². The number of hydrogen-bond acceptors (Lipinski definition) is 3. The van der Waals surface area contributed by atoms with Crippen LogP contribution < -0.4 is 15.6 Å². The van der Waals surface area contributed by atoms with Gasteiger partial charge in [-0.3, -0.25) is 20.4 Å². The van der Waals surface area contributed by atoms with Gasteiger partial charge in [0.2, 0.25) is 11.8 Å². The van der Waals surface area contributed by atoms with E-state index < -0.39 is 5.92 Å². The first-order valence-corrected chi connectivity index (χ1v) is 8.13. The molecule has 2 aromatic rings. The summed E-state index contributed by atoms with van der Waals surface area (Å²) in [5, 5.41) is 0.580. The number of halogens is 2. The Kier molecular flexibility index (Phi) is 5.19. The summed E-state index contributed by atoms with van der Waals surface area (Å²) in [4.78, 5) is 24.1. The third-order valence-corrected chi connectivity index (χ3v) is 4.14. The van der Waals surface area contributed by atoms with E-state index in [9.17, 15) is 14.0 Å². The van der Waals surface area contributed by atoms with E-state index in [2.05, 4.69) is 10.9 Å². The van der Waals surface area contributed by atoms with Crippen molar-refractivity contribution < 1.29 is 18.7 Å². The zero-order chi connectivity index (χ0) is 17.8. The molecule has 0 fully saturated rings. The quantitative estimate of drug-likeness (QED) is 0.824. The molecule has 1 atom stereocenters. The van der Waals surface area contributed by atoms with Crippen LogP contribution in [0.25, 0.3) is 0 Å². The predicted molar refractivity (Wildman–Crippen MR) is 90.5 cm³/mol. The van der Waals surface area contributed by atoms with E-state index in [1.807, 2.05) is 0 Å². The fourth-order valence-corrected chi connectivity index (χ4v) is 2.79. The Morgan fingerprint density at radius 2 is 1.92 bits per heavy atom. The molecule has 0 radical (unpaired) electrons. The lowest BCUT2D eigenvalue weighted by molar-refractivity contribution is -0.131. The molecule has 2 aromatic carbocycles. The van der Waals surface area contributed by atoms with Crippen LogP contribution in [0.3, 0.4) is 0 Å². The second-order valence-electron chi connectivity index (χ2n) is 5.80. The maximum absolute atomic E-state index is 12.8. The Hall–Kier alpha value is -2.60. The van der Waals surface area contributed by atoms with E-state index in [1.54, 1.807) is 18.2 Å². The highest BCUT2D eigenvalue weighted by Crippen LogP contribution is 2.29. The van der Waals surface area contributed by atoms with Gasteiger partial charge in [0.1, 0.15) is 18.2 Å². The first kappa shape index (κ1) is 17.2.